The van der Waals surface area contributed by atoms with E-state index in [1.165, 1.54) is 18.0 Å². The third kappa shape index (κ3) is 4.78. The first-order valence-electron chi connectivity index (χ1n) is 10.1. The fraction of sp³-hybridized carbons (Fsp3) is 0.333. The van der Waals surface area contributed by atoms with E-state index in [1.54, 1.807) is 44.4 Å². The minimum Gasteiger partial charge on any atom is -0.441 e. The maximum atomic E-state index is 12.5. The largest absolute Gasteiger partial charge is 0.441 e. The Morgan fingerprint density at radius 1 is 1.21 bits per heavy atom. The van der Waals surface area contributed by atoms with E-state index in [-0.39, 0.29) is 11.1 Å². The Labute approximate surface area is 194 Å². The average Bonchev–Trinajstić information content (AvgIpc) is 3.53. The van der Waals surface area contributed by atoms with Crippen molar-refractivity contribution in [3.05, 3.63) is 47.4 Å². The van der Waals surface area contributed by atoms with Gasteiger partial charge in [0, 0.05) is 25.9 Å². The first kappa shape index (κ1) is 22.6. The molecule has 1 fully saturated rings. The van der Waals surface area contributed by atoms with Gasteiger partial charge in [-0.15, -0.1) is 5.10 Å². The molecule has 1 aliphatic carbocycles. The lowest BCUT2D eigenvalue weighted by molar-refractivity contribution is -0.128. The maximum Gasteiger partial charge on any atom is 0.413 e. The number of amides is 2. The van der Waals surface area contributed by atoms with Crippen molar-refractivity contribution in [3.8, 4) is 11.4 Å². The van der Waals surface area contributed by atoms with Crippen molar-refractivity contribution in [1.29, 1.82) is 0 Å². The van der Waals surface area contributed by atoms with Crippen LogP contribution in [-0.2, 0) is 21.3 Å². The minimum atomic E-state index is -0.738. The summed E-state index contributed by atoms with van der Waals surface area (Å²) in [5.41, 5.74) is 1.16. The number of carbonyl (C=O) groups excluding carboxylic acids is 2. The highest BCUT2D eigenvalue weighted by Crippen LogP contribution is 2.39. The predicted molar refractivity (Wildman–Crippen MR) is 120 cm³/mol. The predicted octanol–water partition coefficient (Wildman–Crippen LogP) is 3.35. The second-order valence-corrected chi connectivity index (χ2v) is 7.91. The first-order valence-corrected chi connectivity index (χ1v) is 10.5. The Morgan fingerprint density at radius 2 is 2.00 bits per heavy atom. The number of methoxy groups -OCH3 is 1. The van der Waals surface area contributed by atoms with Crippen LogP contribution in [0.4, 0.5) is 16.3 Å². The summed E-state index contributed by atoms with van der Waals surface area (Å²) in [6.45, 7) is 1.69. The van der Waals surface area contributed by atoms with Gasteiger partial charge < -0.3 is 14.8 Å². The molecule has 0 aliphatic heterocycles. The highest BCUT2D eigenvalue weighted by atomic mass is 35.5. The third-order valence-corrected chi connectivity index (χ3v) is 5.65. The molecular formula is C21H22ClN7O4. The molecular weight excluding hydrogens is 450 g/mol. The zero-order valence-corrected chi connectivity index (χ0v) is 19.0. The number of hydrogen-bond acceptors (Lipinski definition) is 8. The molecule has 3 aromatic heterocycles. The Kier molecular flexibility index (Phi) is 6.25. The fourth-order valence-electron chi connectivity index (χ4n) is 3.21. The molecule has 11 nitrogen and oxygen atoms in total. The molecule has 0 spiro atoms. The summed E-state index contributed by atoms with van der Waals surface area (Å²) in [6, 6.07) is 6.79. The van der Waals surface area contributed by atoms with Gasteiger partial charge in [-0.3, -0.25) is 15.1 Å². The van der Waals surface area contributed by atoms with E-state index in [1.807, 2.05) is 0 Å². The van der Waals surface area contributed by atoms with Crippen molar-refractivity contribution in [3.63, 3.8) is 0 Å². The number of ether oxygens (including phenoxy) is 2. The number of hydrogen-bond donors (Lipinski definition) is 2. The van der Waals surface area contributed by atoms with Gasteiger partial charge in [-0.05, 0) is 38.0 Å². The lowest BCUT2D eigenvalue weighted by Gasteiger charge is -2.15. The highest BCUT2D eigenvalue weighted by molar-refractivity contribution is 6.30. The van der Waals surface area contributed by atoms with Crippen LogP contribution in [0.1, 0.15) is 31.4 Å². The summed E-state index contributed by atoms with van der Waals surface area (Å²) in [5.74, 6) is 0.0945. The van der Waals surface area contributed by atoms with Crippen molar-refractivity contribution < 1.29 is 19.1 Å². The second-order valence-electron chi connectivity index (χ2n) is 7.55. The van der Waals surface area contributed by atoms with E-state index in [2.05, 4.69) is 30.9 Å². The van der Waals surface area contributed by atoms with Gasteiger partial charge in [0.2, 0.25) is 0 Å². The van der Waals surface area contributed by atoms with Crippen molar-refractivity contribution >= 4 is 35.1 Å². The van der Waals surface area contributed by atoms with E-state index in [4.69, 9.17) is 21.1 Å². The quantitative estimate of drug-likeness (QED) is 0.501. The molecule has 0 bridgehead atoms. The zero-order chi connectivity index (χ0) is 23.6. The molecule has 172 valence electrons. The summed E-state index contributed by atoms with van der Waals surface area (Å²) in [4.78, 5) is 33.1. The molecule has 3 aromatic rings. The number of carbonyl (C=O) groups is 2. The smallest absolute Gasteiger partial charge is 0.413 e. The third-order valence-electron chi connectivity index (χ3n) is 5.33. The average molecular weight is 472 g/mol. The van der Waals surface area contributed by atoms with Gasteiger partial charge in [-0.1, -0.05) is 22.9 Å². The van der Waals surface area contributed by atoms with Crippen LogP contribution in [0.15, 0.2) is 36.7 Å². The van der Waals surface area contributed by atoms with Crippen LogP contribution < -0.4 is 10.6 Å². The summed E-state index contributed by atoms with van der Waals surface area (Å²) in [5, 5.41) is 13.7. The van der Waals surface area contributed by atoms with E-state index in [0.717, 1.165) is 0 Å². The van der Waals surface area contributed by atoms with Crippen molar-refractivity contribution in [2.24, 2.45) is 7.05 Å². The lowest BCUT2D eigenvalue weighted by atomic mass is 10.2. The Morgan fingerprint density at radius 3 is 2.64 bits per heavy atom. The number of rotatable bonds is 7. The molecule has 3 heterocycles. The summed E-state index contributed by atoms with van der Waals surface area (Å²) < 4.78 is 12.1. The molecule has 0 aromatic carbocycles. The van der Waals surface area contributed by atoms with Gasteiger partial charge in [-0.25, -0.2) is 14.5 Å². The van der Waals surface area contributed by atoms with Crippen LogP contribution in [0.3, 0.4) is 0 Å². The molecule has 1 saturated carbocycles. The van der Waals surface area contributed by atoms with Gasteiger partial charge in [0.1, 0.15) is 16.9 Å². The van der Waals surface area contributed by atoms with Gasteiger partial charge in [0.15, 0.2) is 11.5 Å². The molecule has 1 aliphatic rings. The number of aromatic nitrogens is 5. The van der Waals surface area contributed by atoms with E-state index < -0.39 is 17.8 Å². The Hall–Kier alpha value is -3.57. The maximum absolute atomic E-state index is 12.5. The topological polar surface area (TPSA) is 133 Å². The molecule has 2 amide bonds. The second kappa shape index (κ2) is 9.12. The Bertz CT molecular complexity index is 1180. The van der Waals surface area contributed by atoms with Crippen LogP contribution in [0, 0.1) is 0 Å². The van der Waals surface area contributed by atoms with Crippen LogP contribution in [0.2, 0.25) is 5.15 Å². The molecule has 0 radical (unpaired) electrons. The number of aryl methyl sites for hydroxylation is 1. The Balaban J connectivity index is 1.45. The molecule has 4 rings (SSSR count). The first-order chi connectivity index (χ1) is 15.8. The van der Waals surface area contributed by atoms with Gasteiger partial charge >= 0.3 is 6.09 Å². The number of nitrogens with zero attached hydrogens (tertiary/aromatic N) is 5. The normalized spacial score (nSPS) is 14.9. The summed E-state index contributed by atoms with van der Waals surface area (Å²) in [7, 11) is 3.15. The number of pyridine rings is 2. The SMILES string of the molecule is COC1(C(=O)Nc2ccc(-c3nnn(C)c3NC(=O)O[C@H](C)c3cccnc3Cl)nc2)CC1. The molecule has 0 saturated heterocycles. The van der Waals surface area contributed by atoms with E-state index >= 15 is 0 Å². The molecule has 0 unspecified atom stereocenters. The van der Waals surface area contributed by atoms with E-state index in [9.17, 15) is 9.59 Å². The lowest BCUT2D eigenvalue weighted by Crippen LogP contribution is -2.31. The number of halogens is 1. The number of nitrogens with one attached hydrogen (secondary N) is 2. The monoisotopic (exact) mass is 471 g/mol. The molecule has 1 atom stereocenters. The zero-order valence-electron chi connectivity index (χ0n) is 18.2. The molecule has 12 heteroatoms. The highest BCUT2D eigenvalue weighted by Gasteiger charge is 2.50. The standard InChI is InChI=1S/C21H22ClN7O4/c1-12(14-5-4-10-23-17(14)22)33-20(31)26-18-16(27-28-29(18)2)15-7-6-13(11-24-15)25-19(30)21(32-3)8-9-21/h4-7,10-12H,8-9H2,1-3H3,(H,25,30)(H,26,31)/t12-/m1/s1. The molecule has 2 N–H and O–H groups in total. The van der Waals surface area contributed by atoms with Crippen molar-refractivity contribution in [2.75, 3.05) is 17.7 Å². The van der Waals surface area contributed by atoms with Gasteiger partial charge in [-0.2, -0.15) is 0 Å². The molecule has 33 heavy (non-hydrogen) atoms. The van der Waals surface area contributed by atoms with Crippen molar-refractivity contribution in [1.82, 2.24) is 25.0 Å². The van der Waals surface area contributed by atoms with Crippen molar-refractivity contribution in [2.45, 2.75) is 31.5 Å². The van der Waals surface area contributed by atoms with Gasteiger partial charge in [0.05, 0.1) is 17.6 Å². The van der Waals surface area contributed by atoms with Crippen LogP contribution in [-0.4, -0.2) is 49.7 Å². The fourth-order valence-corrected chi connectivity index (χ4v) is 3.48. The summed E-state index contributed by atoms with van der Waals surface area (Å²) in [6.07, 6.45) is 3.10. The van der Waals surface area contributed by atoms with E-state index in [0.29, 0.717) is 41.3 Å². The van der Waals surface area contributed by atoms with Crippen LogP contribution in [0.5, 0.6) is 0 Å². The number of anilines is 2. The summed E-state index contributed by atoms with van der Waals surface area (Å²) >= 11 is 6.07. The minimum absolute atomic E-state index is 0.202. The van der Waals surface area contributed by atoms with Gasteiger partial charge in [0.25, 0.3) is 5.91 Å². The van der Waals surface area contributed by atoms with Crippen LogP contribution >= 0.6 is 11.6 Å². The van der Waals surface area contributed by atoms with Crippen LogP contribution in [0.25, 0.3) is 11.4 Å².